The van der Waals surface area contributed by atoms with Crippen LogP contribution in [0.1, 0.15) is 24.1 Å². The molecule has 2 aliphatic rings. The highest BCUT2D eigenvalue weighted by Crippen LogP contribution is 2.32. The number of rotatable bonds is 4. The van der Waals surface area contributed by atoms with E-state index in [-0.39, 0.29) is 0 Å². The second kappa shape index (κ2) is 7.97. The van der Waals surface area contributed by atoms with Crippen molar-refractivity contribution in [2.45, 2.75) is 19.3 Å². The largest absolute Gasteiger partial charge is 0.378 e. The van der Waals surface area contributed by atoms with Gasteiger partial charge in [-0.2, -0.15) is 5.10 Å². The van der Waals surface area contributed by atoms with Crippen LogP contribution in [0.4, 0.5) is 5.13 Å². The molecule has 0 radical (unpaired) electrons. The Balaban J connectivity index is 1.62. The molecule has 0 amide bonds. The van der Waals surface area contributed by atoms with Crippen LogP contribution in [0.25, 0.3) is 11.3 Å². The quantitative estimate of drug-likeness (QED) is 0.787. The summed E-state index contributed by atoms with van der Waals surface area (Å²) in [4.78, 5) is 8.40. The highest BCUT2D eigenvalue weighted by Gasteiger charge is 2.19. The summed E-state index contributed by atoms with van der Waals surface area (Å²) in [5.74, 6) is 0. The minimum Gasteiger partial charge on any atom is -0.378 e. The van der Waals surface area contributed by atoms with Crippen LogP contribution in [0.2, 0.25) is 0 Å². The number of morpholine rings is 1. The number of hydrazone groups is 1. The summed E-state index contributed by atoms with van der Waals surface area (Å²) in [5, 5.41) is 7.99. The van der Waals surface area contributed by atoms with Gasteiger partial charge in [0.05, 0.1) is 30.0 Å². The Morgan fingerprint density at radius 2 is 1.76 bits per heavy atom. The molecule has 5 nitrogen and oxygen atoms in total. The first-order valence-electron chi connectivity index (χ1n) is 9.08. The van der Waals surface area contributed by atoms with Crippen LogP contribution in [0.3, 0.4) is 0 Å². The van der Waals surface area contributed by atoms with E-state index in [1.54, 1.807) is 11.3 Å². The molecule has 0 atom stereocenters. The fraction of sp³-hybridized carbons (Fsp3) is 0.474. The van der Waals surface area contributed by atoms with Gasteiger partial charge in [0.25, 0.3) is 0 Å². The highest BCUT2D eigenvalue weighted by atomic mass is 32.1. The Bertz CT molecular complexity index is 703. The molecule has 2 saturated heterocycles. The smallest absolute Gasteiger partial charge is 0.186 e. The van der Waals surface area contributed by atoms with Gasteiger partial charge < -0.3 is 9.64 Å². The average Bonchev–Trinajstić information content (AvgIpc) is 3.13. The molecular weight excluding hydrogens is 332 g/mol. The number of hydrogen-bond acceptors (Lipinski definition) is 6. The topological polar surface area (TPSA) is 41.0 Å². The number of nitrogens with zero attached hydrogens (tertiary/aromatic N) is 4. The fourth-order valence-corrected chi connectivity index (χ4v) is 4.23. The first-order valence-corrected chi connectivity index (χ1v) is 9.90. The van der Waals surface area contributed by atoms with Crippen LogP contribution in [-0.4, -0.2) is 55.6 Å². The lowest BCUT2D eigenvalue weighted by molar-refractivity contribution is 0.122. The van der Waals surface area contributed by atoms with Gasteiger partial charge in [0.2, 0.25) is 0 Å². The second-order valence-electron chi connectivity index (χ2n) is 6.43. The maximum Gasteiger partial charge on any atom is 0.186 e. The average molecular weight is 356 g/mol. The van der Waals surface area contributed by atoms with Crippen molar-refractivity contribution < 1.29 is 4.74 Å². The van der Waals surface area contributed by atoms with Crippen molar-refractivity contribution >= 4 is 22.7 Å². The molecule has 4 rings (SSSR count). The van der Waals surface area contributed by atoms with Crippen LogP contribution >= 0.6 is 11.3 Å². The van der Waals surface area contributed by atoms with E-state index in [0.29, 0.717) is 0 Å². The summed E-state index contributed by atoms with van der Waals surface area (Å²) in [6.45, 7) is 5.49. The highest BCUT2D eigenvalue weighted by molar-refractivity contribution is 7.17. The molecule has 0 saturated carbocycles. The molecule has 132 valence electrons. The van der Waals surface area contributed by atoms with Crippen molar-refractivity contribution in [2.24, 2.45) is 5.10 Å². The lowest BCUT2D eigenvalue weighted by Gasteiger charge is -2.26. The van der Waals surface area contributed by atoms with E-state index in [2.05, 4.69) is 34.2 Å². The van der Waals surface area contributed by atoms with Gasteiger partial charge in [-0.05, 0) is 19.3 Å². The number of thiazole rings is 1. The van der Waals surface area contributed by atoms with Crippen molar-refractivity contribution in [3.05, 3.63) is 35.2 Å². The third kappa shape index (κ3) is 4.02. The molecule has 1 aromatic carbocycles. The van der Waals surface area contributed by atoms with E-state index >= 15 is 0 Å². The summed E-state index contributed by atoms with van der Waals surface area (Å²) >= 11 is 1.73. The van der Waals surface area contributed by atoms with Gasteiger partial charge in [-0.15, -0.1) is 0 Å². The molecule has 2 aliphatic heterocycles. The zero-order chi connectivity index (χ0) is 16.9. The number of ether oxygens (including phenoxy) is 1. The van der Waals surface area contributed by atoms with Crippen molar-refractivity contribution in [3.63, 3.8) is 0 Å². The maximum absolute atomic E-state index is 5.47. The van der Waals surface area contributed by atoms with E-state index in [1.807, 2.05) is 12.3 Å². The Labute approximate surface area is 152 Å². The summed E-state index contributed by atoms with van der Waals surface area (Å²) in [7, 11) is 0. The van der Waals surface area contributed by atoms with Crippen LogP contribution < -0.4 is 4.90 Å². The van der Waals surface area contributed by atoms with Crippen molar-refractivity contribution in [1.29, 1.82) is 0 Å². The van der Waals surface area contributed by atoms with Gasteiger partial charge in [0, 0.05) is 31.7 Å². The normalized spacial score (nSPS) is 18.9. The minimum atomic E-state index is 0.775. The van der Waals surface area contributed by atoms with E-state index in [9.17, 15) is 0 Å². The number of aromatic nitrogens is 1. The first-order chi connectivity index (χ1) is 12.4. The number of piperidine rings is 1. The van der Waals surface area contributed by atoms with E-state index in [4.69, 9.17) is 14.8 Å². The van der Waals surface area contributed by atoms with E-state index in [0.717, 1.165) is 60.7 Å². The van der Waals surface area contributed by atoms with Gasteiger partial charge >= 0.3 is 0 Å². The molecule has 2 fully saturated rings. The van der Waals surface area contributed by atoms with Crippen molar-refractivity contribution in [2.75, 3.05) is 44.3 Å². The predicted octanol–water partition coefficient (Wildman–Crippen LogP) is 3.47. The first kappa shape index (κ1) is 16.5. The zero-order valence-corrected chi connectivity index (χ0v) is 15.2. The molecule has 1 aromatic heterocycles. The molecule has 0 aliphatic carbocycles. The molecular formula is C19H24N4OS. The van der Waals surface area contributed by atoms with Gasteiger partial charge in [-0.25, -0.2) is 4.98 Å². The second-order valence-corrected chi connectivity index (χ2v) is 7.44. The third-order valence-electron chi connectivity index (χ3n) is 4.64. The van der Waals surface area contributed by atoms with Gasteiger partial charge in [-0.3, -0.25) is 5.01 Å². The van der Waals surface area contributed by atoms with Gasteiger partial charge in [-0.1, -0.05) is 41.7 Å². The molecule has 3 heterocycles. The number of hydrogen-bond donors (Lipinski definition) is 0. The Kier molecular flexibility index (Phi) is 5.28. The molecule has 25 heavy (non-hydrogen) atoms. The minimum absolute atomic E-state index is 0.775. The Morgan fingerprint density at radius 3 is 2.52 bits per heavy atom. The summed E-state index contributed by atoms with van der Waals surface area (Å²) < 4.78 is 5.47. The zero-order valence-electron chi connectivity index (χ0n) is 14.4. The maximum atomic E-state index is 5.47. The molecule has 6 heteroatoms. The lowest BCUT2D eigenvalue weighted by atomic mass is 10.1. The van der Waals surface area contributed by atoms with Crippen LogP contribution in [-0.2, 0) is 4.74 Å². The van der Waals surface area contributed by atoms with Crippen molar-refractivity contribution in [1.82, 2.24) is 9.99 Å². The SMILES string of the molecule is C(=N\N1CCCCC1)/c1sc(N2CCOCC2)nc1-c1ccccc1. The van der Waals surface area contributed by atoms with E-state index in [1.165, 1.54) is 19.3 Å². The molecule has 0 N–H and O–H groups in total. The molecule has 0 spiro atoms. The Hall–Kier alpha value is -1.92. The van der Waals surface area contributed by atoms with Crippen LogP contribution in [0.5, 0.6) is 0 Å². The predicted molar refractivity (Wildman–Crippen MR) is 104 cm³/mol. The van der Waals surface area contributed by atoms with Gasteiger partial charge in [0.1, 0.15) is 0 Å². The number of anilines is 1. The summed E-state index contributed by atoms with van der Waals surface area (Å²) in [5.41, 5.74) is 2.19. The van der Waals surface area contributed by atoms with E-state index < -0.39 is 0 Å². The Morgan fingerprint density at radius 1 is 1.00 bits per heavy atom. The third-order valence-corrected chi connectivity index (χ3v) is 5.69. The summed E-state index contributed by atoms with van der Waals surface area (Å²) in [6, 6.07) is 10.4. The summed E-state index contributed by atoms with van der Waals surface area (Å²) in [6.07, 6.45) is 5.81. The van der Waals surface area contributed by atoms with Crippen LogP contribution in [0, 0.1) is 0 Å². The monoisotopic (exact) mass is 356 g/mol. The fourth-order valence-electron chi connectivity index (χ4n) is 3.23. The standard InChI is InChI=1S/C19H24N4OS/c1-3-7-16(8-4-1)18-17(15-20-23-9-5-2-6-10-23)25-19(21-18)22-11-13-24-14-12-22/h1,3-4,7-8,15H,2,5-6,9-14H2/b20-15+. The van der Waals surface area contributed by atoms with Gasteiger partial charge in [0.15, 0.2) is 5.13 Å². The van der Waals surface area contributed by atoms with Crippen LogP contribution in [0.15, 0.2) is 35.4 Å². The lowest BCUT2D eigenvalue weighted by Crippen LogP contribution is -2.36. The molecule has 2 aromatic rings. The van der Waals surface area contributed by atoms with Crippen molar-refractivity contribution in [3.8, 4) is 11.3 Å². The molecule has 0 unspecified atom stereocenters. The number of benzene rings is 1. The molecule has 0 bridgehead atoms.